The number of allylic oxidation sites excluding steroid dienone is 3. The maximum absolute atomic E-state index is 16.0. The van der Waals surface area contributed by atoms with Crippen LogP contribution in [0.1, 0.15) is 56.2 Å². The smallest absolute Gasteiger partial charge is 0.416 e. The molecule has 0 saturated carbocycles. The standard InChI is InChI=1S/C48H56BrF5N10O6S/c1-5-27-20-37(57-46-55-24-34(49)43(59-46)56-36-8-7-33(48(52,53)54)31-12-15-64(42(31)36)71(4,68)69)39(70-3)22-38(27)61-13-10-29(11-14-61)60-16-18-62(19-17-60)45(67)28-25-63(26-28)30-21-35(50)41(47(2,51)23-30)32-6-9-40(65)58-44(32)66/h7-8,20-24,28-29,32,41H,5-6,9-19,25-26H2,1-4H3,(H,58,65,66)(H2,55,56,57,59)/t32-,41?,47?/m1/s1. The van der Waals surface area contributed by atoms with Crippen molar-refractivity contribution in [2.45, 2.75) is 70.3 Å². The fourth-order valence-electron chi connectivity index (χ4n) is 11.0. The van der Waals surface area contributed by atoms with Crippen LogP contribution >= 0.6 is 15.9 Å². The molecule has 1 aromatic heterocycles. The van der Waals surface area contributed by atoms with E-state index < -0.39 is 56.9 Å². The molecule has 6 heterocycles. The summed E-state index contributed by atoms with van der Waals surface area (Å²) in [5, 5.41) is 8.48. The number of hydrogen-bond donors (Lipinski definition) is 3. The average Bonchev–Trinajstić information content (AvgIpc) is 3.76. The highest BCUT2D eigenvalue weighted by molar-refractivity contribution is 9.10. The number of carbonyl (C=O) groups excluding carboxylic acids is 3. The molecule has 2 unspecified atom stereocenters. The fourth-order valence-corrected chi connectivity index (χ4v) is 12.3. The number of aryl methyl sites for hydroxylation is 1. The van der Waals surface area contributed by atoms with Crippen LogP contribution in [0.5, 0.6) is 5.75 Å². The summed E-state index contributed by atoms with van der Waals surface area (Å²) in [6, 6.07) is 6.46. The molecule has 3 atom stereocenters. The third-order valence-electron chi connectivity index (χ3n) is 14.7. The van der Waals surface area contributed by atoms with Gasteiger partial charge in [0.05, 0.1) is 58.2 Å². The minimum absolute atomic E-state index is 0.0311. The summed E-state index contributed by atoms with van der Waals surface area (Å²) in [5.41, 5.74) is -0.0477. The summed E-state index contributed by atoms with van der Waals surface area (Å²) < 4.78 is 106. The zero-order valence-corrected chi connectivity index (χ0v) is 42.1. The van der Waals surface area contributed by atoms with E-state index in [1.807, 2.05) is 17.0 Å². The van der Waals surface area contributed by atoms with Gasteiger partial charge in [-0.15, -0.1) is 0 Å². The predicted octanol–water partition coefficient (Wildman–Crippen LogP) is 6.83. The van der Waals surface area contributed by atoms with Crippen molar-refractivity contribution in [2.24, 2.45) is 17.8 Å². The summed E-state index contributed by atoms with van der Waals surface area (Å²) in [6.07, 6.45) is 2.91. The maximum atomic E-state index is 16.0. The van der Waals surface area contributed by atoms with E-state index >= 15 is 8.78 Å². The molecular weight excluding hydrogens is 1020 g/mol. The number of benzene rings is 2. The minimum Gasteiger partial charge on any atom is -0.494 e. The number of nitrogens with one attached hydrogen (secondary N) is 3. The van der Waals surface area contributed by atoms with Gasteiger partial charge in [0.2, 0.25) is 33.7 Å². The minimum atomic E-state index is -4.67. The molecule has 71 heavy (non-hydrogen) atoms. The van der Waals surface area contributed by atoms with E-state index in [0.717, 1.165) is 66.9 Å². The summed E-state index contributed by atoms with van der Waals surface area (Å²) >= 11 is 3.42. The highest BCUT2D eigenvalue weighted by Gasteiger charge is 2.50. The Bertz CT molecular complexity index is 2790. The zero-order chi connectivity index (χ0) is 50.7. The van der Waals surface area contributed by atoms with Gasteiger partial charge in [-0.2, -0.15) is 18.2 Å². The predicted molar refractivity (Wildman–Crippen MR) is 261 cm³/mol. The van der Waals surface area contributed by atoms with Gasteiger partial charge in [0.25, 0.3) is 0 Å². The Hall–Kier alpha value is -5.55. The molecular formula is C48H56BrF5N10O6S. The van der Waals surface area contributed by atoms with Crippen molar-refractivity contribution in [3.63, 3.8) is 0 Å². The van der Waals surface area contributed by atoms with Crippen LogP contribution in [0.25, 0.3) is 0 Å². The number of halogens is 6. The van der Waals surface area contributed by atoms with Gasteiger partial charge in [0.15, 0.2) is 0 Å². The van der Waals surface area contributed by atoms with E-state index in [0.29, 0.717) is 60.2 Å². The Morgan fingerprint density at radius 3 is 2.34 bits per heavy atom. The molecule has 4 fully saturated rings. The normalized spacial score (nSPS) is 23.7. The Morgan fingerprint density at radius 2 is 1.70 bits per heavy atom. The molecule has 5 aliphatic heterocycles. The van der Waals surface area contributed by atoms with Crippen LogP contribution in [0.4, 0.5) is 56.5 Å². The molecule has 382 valence electrons. The van der Waals surface area contributed by atoms with E-state index in [4.69, 9.17) is 4.74 Å². The van der Waals surface area contributed by atoms with Gasteiger partial charge in [-0.05, 0) is 96.4 Å². The first-order chi connectivity index (χ1) is 33.6. The monoisotopic (exact) mass is 1070 g/mol. The number of fused-ring (bicyclic) bond motifs is 1. The molecule has 0 spiro atoms. The number of aromatic nitrogens is 2. The van der Waals surface area contributed by atoms with Crippen LogP contribution < -0.4 is 29.9 Å². The number of methoxy groups -OCH3 is 1. The number of piperazine rings is 1. The Morgan fingerprint density at radius 1 is 0.986 bits per heavy atom. The van der Waals surface area contributed by atoms with Crippen LogP contribution in [0, 0.1) is 17.8 Å². The van der Waals surface area contributed by atoms with E-state index in [2.05, 4.69) is 58.6 Å². The Kier molecular flexibility index (Phi) is 13.8. The number of hydrogen-bond acceptors (Lipinski definition) is 13. The van der Waals surface area contributed by atoms with Gasteiger partial charge in [0, 0.05) is 95.0 Å². The second-order valence-corrected chi connectivity index (χ2v) is 22.0. The first-order valence-electron chi connectivity index (χ1n) is 23.8. The van der Waals surface area contributed by atoms with Gasteiger partial charge >= 0.3 is 6.18 Å². The van der Waals surface area contributed by atoms with Crippen LogP contribution in [-0.4, -0.2) is 135 Å². The molecule has 6 aliphatic rings. The molecule has 16 nitrogen and oxygen atoms in total. The van der Waals surface area contributed by atoms with Gasteiger partial charge in [-0.3, -0.25) is 28.9 Å². The maximum Gasteiger partial charge on any atom is 0.416 e. The lowest BCUT2D eigenvalue weighted by molar-refractivity contribution is -0.142. The molecule has 3 N–H and O–H groups in total. The van der Waals surface area contributed by atoms with Gasteiger partial charge in [-0.1, -0.05) is 6.92 Å². The molecule has 4 saturated heterocycles. The number of amides is 3. The van der Waals surface area contributed by atoms with E-state index in [-0.39, 0.29) is 66.3 Å². The topological polar surface area (TPSA) is 173 Å². The summed E-state index contributed by atoms with van der Waals surface area (Å²) in [7, 11) is -2.33. The first-order valence-corrected chi connectivity index (χ1v) is 26.4. The molecule has 9 rings (SSSR count). The number of carbonyl (C=O) groups is 3. The van der Waals surface area contributed by atoms with E-state index in [1.165, 1.54) is 31.3 Å². The Labute approximate surface area is 417 Å². The van der Waals surface area contributed by atoms with Crippen LogP contribution in [-0.2, 0) is 43.4 Å². The molecule has 0 radical (unpaired) electrons. The van der Waals surface area contributed by atoms with Crippen molar-refractivity contribution >= 4 is 78.2 Å². The largest absolute Gasteiger partial charge is 0.494 e. The van der Waals surface area contributed by atoms with Gasteiger partial charge in [-0.25, -0.2) is 22.2 Å². The van der Waals surface area contributed by atoms with Crippen LogP contribution in [0.15, 0.2) is 58.6 Å². The number of ether oxygens (including phenoxy) is 1. The quantitative estimate of drug-likeness (QED) is 0.128. The summed E-state index contributed by atoms with van der Waals surface area (Å²) in [5.74, 6) is -3.52. The zero-order valence-electron chi connectivity index (χ0n) is 39.7. The average molecular weight is 1080 g/mol. The molecule has 3 amide bonds. The van der Waals surface area contributed by atoms with Crippen molar-refractivity contribution in [3.8, 4) is 5.75 Å². The SMILES string of the molecule is CCc1cc(Nc2ncc(Br)c(Nc3ccc(C(F)(F)F)c4c3N(S(C)(=O)=O)CC4)n2)c(OC)cc1N1CCC(N2CCN(C(=O)C3CN(C4=CC(C)(F)C([C@H]5CCC(=O)NC5=O)C(F)=C4)C3)CC2)CC1. The lowest BCUT2D eigenvalue weighted by Gasteiger charge is -2.47. The molecule has 2 aromatic carbocycles. The molecule has 0 bridgehead atoms. The number of anilines is 6. The number of likely N-dealkylation sites (tertiary alicyclic amines) is 1. The highest BCUT2D eigenvalue weighted by atomic mass is 79.9. The highest BCUT2D eigenvalue weighted by Crippen LogP contribution is 2.47. The van der Waals surface area contributed by atoms with Crippen molar-refractivity contribution < 1.29 is 49.5 Å². The van der Waals surface area contributed by atoms with Gasteiger partial charge in [0.1, 0.15) is 23.1 Å². The number of sulfonamides is 1. The van der Waals surface area contributed by atoms with Crippen molar-refractivity contribution in [1.29, 1.82) is 0 Å². The van der Waals surface area contributed by atoms with E-state index in [1.54, 1.807) is 12.0 Å². The van der Waals surface area contributed by atoms with Crippen LogP contribution in [0.3, 0.4) is 0 Å². The second kappa shape index (κ2) is 19.5. The molecule has 3 aromatic rings. The lowest BCUT2D eigenvalue weighted by Crippen LogP contribution is -2.59. The third-order valence-corrected chi connectivity index (χ3v) is 16.4. The number of rotatable bonds is 12. The number of piperidine rings is 2. The summed E-state index contributed by atoms with van der Waals surface area (Å²) in [6.45, 7) is 8.14. The molecule has 1 aliphatic carbocycles. The molecule has 23 heteroatoms. The van der Waals surface area contributed by atoms with Crippen molar-refractivity contribution in [3.05, 3.63) is 75.3 Å². The third kappa shape index (κ3) is 10.1. The second-order valence-electron chi connectivity index (χ2n) is 19.2. The Balaban J connectivity index is 0.788. The fraction of sp³-hybridized carbons (Fsp3) is 0.521. The number of nitrogens with zero attached hydrogens (tertiary/aromatic N) is 7. The van der Waals surface area contributed by atoms with Crippen LogP contribution in [0.2, 0.25) is 0 Å². The lowest BCUT2D eigenvalue weighted by atomic mass is 9.73. The van der Waals surface area contributed by atoms with Crippen molar-refractivity contribution in [1.82, 2.24) is 30.0 Å². The van der Waals surface area contributed by atoms with Gasteiger partial charge < -0.3 is 30.1 Å². The van der Waals surface area contributed by atoms with Crippen molar-refractivity contribution in [2.75, 3.05) is 92.1 Å². The summed E-state index contributed by atoms with van der Waals surface area (Å²) in [4.78, 5) is 55.2. The number of imide groups is 1. The number of alkyl halides is 4. The van der Waals surface area contributed by atoms with E-state index in [9.17, 15) is 36.0 Å². The first kappa shape index (κ1) is 50.4.